The number of nitrogens with one attached hydrogen (secondary N) is 2. The molecule has 4 rings (SSSR count). The molecule has 1 saturated heterocycles. The third-order valence-electron chi connectivity index (χ3n) is 4.58. The van der Waals surface area contributed by atoms with Crippen LogP contribution >= 0.6 is 0 Å². The van der Waals surface area contributed by atoms with Crippen LogP contribution in [0.15, 0.2) is 59.7 Å². The van der Waals surface area contributed by atoms with Gasteiger partial charge in [-0.05, 0) is 18.2 Å². The van der Waals surface area contributed by atoms with Crippen LogP contribution in [0, 0.1) is 0 Å². The number of morpholine rings is 1. The molecule has 1 aliphatic rings. The van der Waals surface area contributed by atoms with Crippen molar-refractivity contribution in [2.75, 3.05) is 41.9 Å². The molecular weight excluding hydrogens is 423 g/mol. The molecule has 1 aliphatic heterocycles. The zero-order valence-electron chi connectivity index (χ0n) is 16.9. The highest BCUT2D eigenvalue weighted by atomic mass is 19.4. The van der Waals surface area contributed by atoms with Gasteiger partial charge in [0.2, 0.25) is 17.8 Å². The van der Waals surface area contributed by atoms with Gasteiger partial charge in [0, 0.05) is 24.3 Å². The van der Waals surface area contributed by atoms with E-state index in [1.54, 1.807) is 0 Å². The average Bonchev–Trinajstić information content (AvgIpc) is 2.80. The molecule has 0 aliphatic carbocycles. The zero-order valence-corrected chi connectivity index (χ0v) is 16.9. The highest BCUT2D eigenvalue weighted by molar-refractivity contribution is 5.82. The van der Waals surface area contributed by atoms with Crippen molar-refractivity contribution in [3.05, 3.63) is 65.7 Å². The van der Waals surface area contributed by atoms with Gasteiger partial charge in [0.25, 0.3) is 0 Å². The van der Waals surface area contributed by atoms with Crippen molar-refractivity contribution in [2.45, 2.75) is 6.18 Å². The van der Waals surface area contributed by atoms with E-state index in [1.807, 2.05) is 35.2 Å². The summed E-state index contributed by atoms with van der Waals surface area (Å²) in [4.78, 5) is 15.1. The van der Waals surface area contributed by atoms with Crippen molar-refractivity contribution < 1.29 is 17.9 Å². The molecule has 2 N–H and O–H groups in total. The number of hydrogen-bond donors (Lipinski definition) is 2. The average molecular weight is 443 g/mol. The van der Waals surface area contributed by atoms with Gasteiger partial charge >= 0.3 is 6.18 Å². The first kappa shape index (κ1) is 21.5. The molecule has 8 nitrogen and oxygen atoms in total. The maximum atomic E-state index is 13.2. The minimum atomic E-state index is -4.48. The Morgan fingerprint density at radius 2 is 1.59 bits per heavy atom. The first-order chi connectivity index (χ1) is 15.5. The molecule has 0 radical (unpaired) electrons. The Morgan fingerprint density at radius 3 is 2.34 bits per heavy atom. The Hall–Kier alpha value is -3.73. The Kier molecular flexibility index (Phi) is 6.45. The van der Waals surface area contributed by atoms with E-state index < -0.39 is 11.7 Å². The second-order valence-electron chi connectivity index (χ2n) is 6.83. The van der Waals surface area contributed by atoms with Crippen LogP contribution in [0.2, 0.25) is 0 Å². The van der Waals surface area contributed by atoms with E-state index in [4.69, 9.17) is 4.74 Å². The van der Waals surface area contributed by atoms with Gasteiger partial charge in [-0.25, -0.2) is 5.43 Å². The van der Waals surface area contributed by atoms with E-state index in [9.17, 15) is 13.2 Å². The molecular formula is C21H20F3N7O. The molecule has 2 heterocycles. The Labute approximate surface area is 182 Å². The molecule has 32 heavy (non-hydrogen) atoms. The lowest BCUT2D eigenvalue weighted by atomic mass is 10.1. The predicted octanol–water partition coefficient (Wildman–Crippen LogP) is 3.92. The zero-order chi connectivity index (χ0) is 22.4. The number of ether oxygens (including phenoxy) is 1. The summed E-state index contributed by atoms with van der Waals surface area (Å²) < 4.78 is 44.9. The van der Waals surface area contributed by atoms with Crippen LogP contribution in [0.4, 0.5) is 36.7 Å². The minimum Gasteiger partial charge on any atom is -0.378 e. The van der Waals surface area contributed by atoms with Crippen molar-refractivity contribution >= 4 is 29.7 Å². The molecule has 2 aromatic carbocycles. The predicted molar refractivity (Wildman–Crippen MR) is 115 cm³/mol. The van der Waals surface area contributed by atoms with Gasteiger partial charge in [-0.15, -0.1) is 0 Å². The molecule has 3 aromatic rings. The van der Waals surface area contributed by atoms with Crippen molar-refractivity contribution in [1.82, 2.24) is 15.0 Å². The first-order valence-electron chi connectivity index (χ1n) is 9.85. The van der Waals surface area contributed by atoms with Gasteiger partial charge in [0.1, 0.15) is 0 Å². The van der Waals surface area contributed by atoms with E-state index in [0.717, 1.165) is 18.0 Å². The van der Waals surface area contributed by atoms with Crippen molar-refractivity contribution in [3.63, 3.8) is 0 Å². The molecule has 0 bridgehead atoms. The number of alkyl halides is 3. The quantitative estimate of drug-likeness (QED) is 0.441. The molecule has 0 unspecified atom stereocenters. The molecule has 1 aromatic heterocycles. The molecule has 166 valence electrons. The number of para-hydroxylation sites is 1. The van der Waals surface area contributed by atoms with Crippen LogP contribution in [0.1, 0.15) is 11.1 Å². The SMILES string of the molecule is FC(F)(F)c1ccccc1/C=N\Nc1nc(Nc2ccccc2)nc(N2CCOCC2)n1. The van der Waals surface area contributed by atoms with Gasteiger partial charge in [-0.2, -0.15) is 33.2 Å². The highest BCUT2D eigenvalue weighted by Gasteiger charge is 2.32. The lowest BCUT2D eigenvalue weighted by Crippen LogP contribution is -2.37. The molecule has 0 atom stereocenters. The fourth-order valence-corrected chi connectivity index (χ4v) is 3.05. The third-order valence-corrected chi connectivity index (χ3v) is 4.58. The van der Waals surface area contributed by atoms with Gasteiger partial charge in [-0.3, -0.25) is 0 Å². The number of benzene rings is 2. The number of halogens is 3. The second kappa shape index (κ2) is 9.60. The number of nitrogens with zero attached hydrogens (tertiary/aromatic N) is 5. The summed E-state index contributed by atoms with van der Waals surface area (Å²) in [5, 5.41) is 7.02. The van der Waals surface area contributed by atoms with Crippen LogP contribution in [-0.4, -0.2) is 47.5 Å². The van der Waals surface area contributed by atoms with Crippen LogP contribution in [0.25, 0.3) is 0 Å². The minimum absolute atomic E-state index is 0.0717. The van der Waals surface area contributed by atoms with Gasteiger partial charge in [0.05, 0.1) is 25.0 Å². The molecule has 0 amide bonds. The highest BCUT2D eigenvalue weighted by Crippen LogP contribution is 2.31. The maximum Gasteiger partial charge on any atom is 0.417 e. The summed E-state index contributed by atoms with van der Waals surface area (Å²) >= 11 is 0. The molecule has 1 fully saturated rings. The van der Waals surface area contributed by atoms with E-state index in [0.29, 0.717) is 32.3 Å². The number of anilines is 4. The summed E-state index contributed by atoms with van der Waals surface area (Å²) in [6, 6.07) is 14.5. The van der Waals surface area contributed by atoms with Gasteiger partial charge in [-0.1, -0.05) is 36.4 Å². The number of hydrogen-bond acceptors (Lipinski definition) is 8. The first-order valence-corrected chi connectivity index (χ1v) is 9.85. The summed E-state index contributed by atoms with van der Waals surface area (Å²) in [5.41, 5.74) is 2.55. The number of aromatic nitrogens is 3. The van der Waals surface area contributed by atoms with Crippen molar-refractivity contribution in [3.8, 4) is 0 Å². The van der Waals surface area contributed by atoms with Crippen molar-refractivity contribution in [1.29, 1.82) is 0 Å². The number of hydrazone groups is 1. The van der Waals surface area contributed by atoms with Gasteiger partial charge in [0.15, 0.2) is 0 Å². The number of rotatable bonds is 6. The smallest absolute Gasteiger partial charge is 0.378 e. The largest absolute Gasteiger partial charge is 0.417 e. The monoisotopic (exact) mass is 443 g/mol. The van der Waals surface area contributed by atoms with E-state index in [2.05, 4.69) is 30.8 Å². The third kappa shape index (κ3) is 5.49. The van der Waals surface area contributed by atoms with E-state index in [1.165, 1.54) is 18.2 Å². The second-order valence-corrected chi connectivity index (χ2v) is 6.83. The standard InChI is InChI=1S/C21H20F3N7O/c22-21(23,24)17-9-5-4-6-15(17)14-25-30-19-27-18(26-16-7-2-1-3-8-16)28-20(29-19)31-10-12-32-13-11-31/h1-9,14H,10-13H2,(H2,26,27,28,29,30)/b25-14-. The molecule has 11 heteroatoms. The van der Waals surface area contributed by atoms with Crippen LogP contribution < -0.4 is 15.6 Å². The molecule has 0 spiro atoms. The lowest BCUT2D eigenvalue weighted by molar-refractivity contribution is -0.137. The van der Waals surface area contributed by atoms with E-state index >= 15 is 0 Å². The Morgan fingerprint density at radius 1 is 0.906 bits per heavy atom. The summed E-state index contributed by atoms with van der Waals surface area (Å²) in [6.45, 7) is 2.30. The Balaban J connectivity index is 1.58. The van der Waals surface area contributed by atoms with Crippen molar-refractivity contribution in [2.24, 2.45) is 5.10 Å². The lowest BCUT2D eigenvalue weighted by Gasteiger charge is -2.27. The van der Waals surface area contributed by atoms with Crippen LogP contribution in [0.5, 0.6) is 0 Å². The summed E-state index contributed by atoms with van der Waals surface area (Å²) in [5.74, 6) is 0.789. The fourth-order valence-electron chi connectivity index (χ4n) is 3.05. The molecule has 0 saturated carbocycles. The summed E-state index contributed by atoms with van der Waals surface area (Å²) in [7, 11) is 0. The van der Waals surface area contributed by atoms with Gasteiger partial charge < -0.3 is 15.0 Å². The summed E-state index contributed by atoms with van der Waals surface area (Å²) in [6.07, 6.45) is -3.39. The van der Waals surface area contributed by atoms with Crippen LogP contribution in [-0.2, 0) is 10.9 Å². The Bertz CT molecular complexity index is 1070. The fraction of sp³-hybridized carbons (Fsp3) is 0.238. The topological polar surface area (TPSA) is 87.6 Å². The van der Waals surface area contributed by atoms with Crippen LogP contribution in [0.3, 0.4) is 0 Å². The normalized spacial score (nSPS) is 14.5. The van der Waals surface area contributed by atoms with E-state index in [-0.39, 0.29) is 17.5 Å². The maximum absolute atomic E-state index is 13.2.